The van der Waals surface area contributed by atoms with Crippen molar-refractivity contribution in [3.05, 3.63) is 29.8 Å². The van der Waals surface area contributed by atoms with E-state index in [1.54, 1.807) is 14.2 Å². The minimum atomic E-state index is 0.771. The fraction of sp³-hybridized carbons (Fsp3) is 0.632. The van der Waals surface area contributed by atoms with E-state index in [-0.39, 0.29) is 0 Å². The van der Waals surface area contributed by atoms with E-state index < -0.39 is 0 Å². The van der Waals surface area contributed by atoms with Crippen LogP contribution in [0.3, 0.4) is 0 Å². The molecule has 1 rings (SSSR count). The van der Waals surface area contributed by atoms with Gasteiger partial charge in [0.1, 0.15) is 5.75 Å². The molecule has 0 aliphatic rings. The van der Waals surface area contributed by atoms with Crippen LogP contribution < -0.4 is 10.1 Å². The van der Waals surface area contributed by atoms with E-state index in [0.29, 0.717) is 0 Å². The van der Waals surface area contributed by atoms with Gasteiger partial charge in [0.05, 0.1) is 13.7 Å². The number of hydrogen-bond acceptors (Lipinski definition) is 4. The van der Waals surface area contributed by atoms with Crippen LogP contribution in [-0.4, -0.2) is 76.9 Å². The second kappa shape index (κ2) is 12.6. The first kappa shape index (κ1) is 21.3. The highest BCUT2D eigenvalue weighted by Crippen LogP contribution is 2.12. The smallest absolute Gasteiger partial charge is 0.193 e. The summed E-state index contributed by atoms with van der Waals surface area (Å²) in [5.74, 6) is 1.82. The Morgan fingerprint density at radius 2 is 1.84 bits per heavy atom. The van der Waals surface area contributed by atoms with E-state index in [9.17, 15) is 0 Å². The first-order valence-corrected chi connectivity index (χ1v) is 8.90. The molecule has 25 heavy (non-hydrogen) atoms. The van der Waals surface area contributed by atoms with Crippen LogP contribution in [0.4, 0.5) is 0 Å². The van der Waals surface area contributed by atoms with Gasteiger partial charge in [-0.3, -0.25) is 4.99 Å². The third kappa shape index (κ3) is 8.74. The molecule has 0 radical (unpaired) electrons. The van der Waals surface area contributed by atoms with Gasteiger partial charge < -0.3 is 24.6 Å². The number of rotatable bonds is 11. The predicted octanol–water partition coefficient (Wildman–Crippen LogP) is 2.06. The highest BCUT2D eigenvalue weighted by molar-refractivity contribution is 5.79. The van der Waals surface area contributed by atoms with Gasteiger partial charge in [-0.2, -0.15) is 0 Å². The molecular formula is C19H34N4O2. The molecule has 0 aromatic heterocycles. The number of nitrogens with one attached hydrogen (secondary N) is 1. The molecule has 0 bridgehead atoms. The van der Waals surface area contributed by atoms with Crippen molar-refractivity contribution in [3.63, 3.8) is 0 Å². The van der Waals surface area contributed by atoms with E-state index in [4.69, 9.17) is 14.5 Å². The lowest BCUT2D eigenvalue weighted by molar-refractivity contribution is 0.161. The zero-order chi connectivity index (χ0) is 18.5. The molecule has 0 atom stereocenters. The average Bonchev–Trinajstić information content (AvgIpc) is 2.63. The zero-order valence-corrected chi connectivity index (χ0v) is 16.4. The lowest BCUT2D eigenvalue weighted by Gasteiger charge is -2.22. The SMILES string of the molecule is CCNC(=NCCCN(C)CCOC)N(C)Cc1ccc(OC)cc1. The van der Waals surface area contributed by atoms with Crippen molar-refractivity contribution < 1.29 is 9.47 Å². The standard InChI is InChI=1S/C19H34N4O2/c1-6-20-19(21-12-7-13-22(2)14-15-24-4)23(3)16-17-8-10-18(25-5)11-9-17/h8-11H,6-7,12-16H2,1-5H3,(H,20,21). The number of hydrogen-bond donors (Lipinski definition) is 1. The number of ether oxygens (including phenoxy) is 2. The van der Waals surface area contributed by atoms with Crippen molar-refractivity contribution in [2.45, 2.75) is 19.9 Å². The molecule has 0 fully saturated rings. The van der Waals surface area contributed by atoms with Gasteiger partial charge in [-0.15, -0.1) is 0 Å². The van der Waals surface area contributed by atoms with Gasteiger partial charge in [-0.25, -0.2) is 0 Å². The van der Waals surface area contributed by atoms with Gasteiger partial charge in [-0.05, 0) is 44.6 Å². The van der Waals surface area contributed by atoms with Crippen LogP contribution in [0.2, 0.25) is 0 Å². The molecule has 1 aromatic carbocycles. The summed E-state index contributed by atoms with van der Waals surface area (Å²) in [4.78, 5) is 9.17. The lowest BCUT2D eigenvalue weighted by Crippen LogP contribution is -2.38. The number of likely N-dealkylation sites (N-methyl/N-ethyl adjacent to an activating group) is 1. The van der Waals surface area contributed by atoms with E-state index in [1.165, 1.54) is 5.56 Å². The Morgan fingerprint density at radius 3 is 2.44 bits per heavy atom. The molecule has 142 valence electrons. The van der Waals surface area contributed by atoms with E-state index in [1.807, 2.05) is 12.1 Å². The van der Waals surface area contributed by atoms with Crippen molar-refractivity contribution in [2.75, 3.05) is 61.1 Å². The van der Waals surface area contributed by atoms with Crippen LogP contribution in [0.5, 0.6) is 5.75 Å². The highest BCUT2D eigenvalue weighted by Gasteiger charge is 2.07. The number of aliphatic imine (C=N–C) groups is 1. The molecule has 0 saturated carbocycles. The van der Waals surface area contributed by atoms with Crippen molar-refractivity contribution in [1.82, 2.24) is 15.1 Å². The molecule has 1 N–H and O–H groups in total. The molecule has 6 nitrogen and oxygen atoms in total. The third-order valence-corrected chi connectivity index (χ3v) is 3.91. The van der Waals surface area contributed by atoms with Gasteiger partial charge >= 0.3 is 0 Å². The molecule has 0 saturated heterocycles. The van der Waals surface area contributed by atoms with Crippen LogP contribution in [0.15, 0.2) is 29.3 Å². The summed E-state index contributed by atoms with van der Waals surface area (Å²) in [7, 11) is 7.60. The summed E-state index contributed by atoms with van der Waals surface area (Å²) in [5.41, 5.74) is 1.23. The highest BCUT2D eigenvalue weighted by atomic mass is 16.5. The summed E-state index contributed by atoms with van der Waals surface area (Å²) >= 11 is 0. The summed E-state index contributed by atoms with van der Waals surface area (Å²) in [6, 6.07) is 8.15. The normalized spacial score (nSPS) is 11.7. The Bertz CT molecular complexity index is 491. The molecule has 0 aliphatic carbocycles. The fourth-order valence-corrected chi connectivity index (χ4v) is 2.43. The number of nitrogens with zero attached hydrogens (tertiary/aromatic N) is 3. The van der Waals surface area contributed by atoms with Crippen molar-refractivity contribution in [3.8, 4) is 5.75 Å². The maximum absolute atomic E-state index is 5.21. The molecule has 0 unspecified atom stereocenters. The summed E-state index contributed by atoms with van der Waals surface area (Å²) in [6.45, 7) is 7.32. The quantitative estimate of drug-likeness (QED) is 0.376. The predicted molar refractivity (Wildman–Crippen MR) is 104 cm³/mol. The summed E-state index contributed by atoms with van der Waals surface area (Å²) in [6.07, 6.45) is 1.03. The molecule has 1 aromatic rings. The van der Waals surface area contributed by atoms with Gasteiger partial charge in [0, 0.05) is 40.3 Å². The minimum Gasteiger partial charge on any atom is -0.497 e. The third-order valence-electron chi connectivity index (χ3n) is 3.91. The maximum Gasteiger partial charge on any atom is 0.193 e. The Hall–Kier alpha value is -1.79. The van der Waals surface area contributed by atoms with Gasteiger partial charge in [0.15, 0.2) is 5.96 Å². The van der Waals surface area contributed by atoms with Crippen LogP contribution in [-0.2, 0) is 11.3 Å². The Kier molecular flexibility index (Phi) is 10.7. The van der Waals surface area contributed by atoms with Gasteiger partial charge in [0.2, 0.25) is 0 Å². The Labute approximate surface area is 152 Å². The van der Waals surface area contributed by atoms with Gasteiger partial charge in [-0.1, -0.05) is 12.1 Å². The van der Waals surface area contributed by atoms with Crippen LogP contribution in [0.1, 0.15) is 18.9 Å². The van der Waals surface area contributed by atoms with Crippen LogP contribution >= 0.6 is 0 Å². The van der Waals surface area contributed by atoms with Crippen LogP contribution in [0.25, 0.3) is 0 Å². The molecule has 6 heteroatoms. The minimum absolute atomic E-state index is 0.771. The van der Waals surface area contributed by atoms with E-state index in [2.05, 4.69) is 48.3 Å². The fourth-order valence-electron chi connectivity index (χ4n) is 2.43. The Balaban J connectivity index is 2.49. The lowest BCUT2D eigenvalue weighted by atomic mass is 10.2. The molecule has 0 spiro atoms. The van der Waals surface area contributed by atoms with Crippen molar-refractivity contribution in [2.24, 2.45) is 4.99 Å². The molecular weight excluding hydrogens is 316 g/mol. The van der Waals surface area contributed by atoms with Crippen LogP contribution in [0, 0.1) is 0 Å². The number of guanidine groups is 1. The molecule has 0 heterocycles. The van der Waals surface area contributed by atoms with Crippen molar-refractivity contribution >= 4 is 5.96 Å². The second-order valence-corrected chi connectivity index (χ2v) is 6.09. The van der Waals surface area contributed by atoms with E-state index in [0.717, 1.165) is 57.5 Å². The Morgan fingerprint density at radius 1 is 1.12 bits per heavy atom. The molecule has 0 aliphatic heterocycles. The topological polar surface area (TPSA) is 49.3 Å². The number of methoxy groups -OCH3 is 2. The summed E-state index contributed by atoms with van der Waals surface area (Å²) in [5, 5.41) is 3.37. The maximum atomic E-state index is 5.21. The van der Waals surface area contributed by atoms with E-state index >= 15 is 0 Å². The van der Waals surface area contributed by atoms with Crippen molar-refractivity contribution in [1.29, 1.82) is 0 Å². The average molecular weight is 351 g/mol. The van der Waals surface area contributed by atoms with Gasteiger partial charge in [0.25, 0.3) is 0 Å². The second-order valence-electron chi connectivity index (χ2n) is 6.09. The molecule has 0 amide bonds. The summed E-state index contributed by atoms with van der Waals surface area (Å²) < 4.78 is 10.3. The zero-order valence-electron chi connectivity index (χ0n) is 16.4. The number of benzene rings is 1. The largest absolute Gasteiger partial charge is 0.497 e. The monoisotopic (exact) mass is 350 g/mol. The first-order chi connectivity index (χ1) is 12.1. The first-order valence-electron chi connectivity index (χ1n) is 8.90.